The number of methoxy groups -OCH3 is 1. The smallest absolute Gasteiger partial charge is 0.241 e. The van der Waals surface area contributed by atoms with Crippen LogP contribution in [0.15, 0.2) is 47.0 Å². The first-order chi connectivity index (χ1) is 15.0. The molecule has 2 heterocycles. The van der Waals surface area contributed by atoms with Crippen molar-refractivity contribution in [2.24, 2.45) is 5.92 Å². The number of benzene rings is 2. The maximum absolute atomic E-state index is 12.8. The number of carbonyl (C=O) groups is 1. The fourth-order valence-electron chi connectivity index (χ4n) is 3.65. The van der Waals surface area contributed by atoms with Crippen molar-refractivity contribution in [2.45, 2.75) is 19.4 Å². The van der Waals surface area contributed by atoms with Gasteiger partial charge in [0, 0.05) is 28.9 Å². The van der Waals surface area contributed by atoms with Crippen molar-refractivity contribution in [3.8, 4) is 17.1 Å². The van der Waals surface area contributed by atoms with Gasteiger partial charge in [0.15, 0.2) is 0 Å². The van der Waals surface area contributed by atoms with Crippen LogP contribution < -0.4 is 10.1 Å². The lowest BCUT2D eigenvalue weighted by Gasteiger charge is -2.30. The predicted molar refractivity (Wildman–Crippen MR) is 119 cm³/mol. The van der Waals surface area contributed by atoms with Crippen molar-refractivity contribution in [3.05, 3.63) is 58.4 Å². The molecule has 1 saturated heterocycles. The first-order valence-corrected chi connectivity index (χ1v) is 10.7. The van der Waals surface area contributed by atoms with Crippen molar-refractivity contribution in [3.63, 3.8) is 0 Å². The lowest BCUT2D eigenvalue weighted by Crippen LogP contribution is -2.40. The van der Waals surface area contributed by atoms with Gasteiger partial charge in [-0.2, -0.15) is 4.98 Å². The Labute approximate surface area is 190 Å². The van der Waals surface area contributed by atoms with Gasteiger partial charge in [0.25, 0.3) is 0 Å². The molecule has 2 aromatic carbocycles. The highest BCUT2D eigenvalue weighted by molar-refractivity contribution is 6.36. The van der Waals surface area contributed by atoms with Gasteiger partial charge in [-0.15, -0.1) is 0 Å². The number of hydrogen-bond acceptors (Lipinski definition) is 6. The Hall–Kier alpha value is -2.61. The maximum Gasteiger partial charge on any atom is 0.241 e. The normalized spacial score (nSPS) is 16.8. The van der Waals surface area contributed by atoms with Gasteiger partial charge in [-0.05, 0) is 49.7 Å². The van der Waals surface area contributed by atoms with E-state index in [4.69, 9.17) is 32.5 Å². The monoisotopic (exact) mass is 460 g/mol. The number of amides is 1. The minimum absolute atomic E-state index is 0.00267. The van der Waals surface area contributed by atoms with E-state index < -0.39 is 0 Å². The lowest BCUT2D eigenvalue weighted by atomic mass is 9.97. The predicted octanol–water partition coefficient (Wildman–Crippen LogP) is 4.90. The summed E-state index contributed by atoms with van der Waals surface area (Å²) in [5, 5.41) is 8.03. The molecule has 1 unspecified atom stereocenters. The van der Waals surface area contributed by atoms with Gasteiger partial charge in [-0.1, -0.05) is 34.4 Å². The second-order valence-electron chi connectivity index (χ2n) is 7.43. The fourth-order valence-corrected chi connectivity index (χ4v) is 4.14. The molecule has 1 N–H and O–H groups in total. The number of halogens is 2. The van der Waals surface area contributed by atoms with E-state index in [9.17, 15) is 4.79 Å². The molecule has 1 atom stereocenters. The quantitative estimate of drug-likeness (QED) is 0.563. The van der Waals surface area contributed by atoms with Crippen LogP contribution >= 0.6 is 23.2 Å². The Morgan fingerprint density at radius 1 is 1.29 bits per heavy atom. The molecule has 1 aromatic heterocycles. The van der Waals surface area contributed by atoms with E-state index in [-0.39, 0.29) is 11.8 Å². The maximum atomic E-state index is 12.8. The molecule has 0 bridgehead atoms. The average Bonchev–Trinajstić information content (AvgIpc) is 3.22. The highest BCUT2D eigenvalue weighted by Gasteiger charge is 2.27. The van der Waals surface area contributed by atoms with Gasteiger partial charge in [-0.25, -0.2) is 0 Å². The molecule has 0 radical (unpaired) electrons. The zero-order valence-corrected chi connectivity index (χ0v) is 18.5. The standard InChI is InChI=1S/C22H22Cl2N4O3/c1-30-17-6-2-5-16(11-17)25-22(29)14-4-3-9-28(12-14)13-20-26-21(27-31-20)18-8-7-15(23)10-19(18)24/h2,5-8,10-11,14H,3-4,9,12-13H2,1H3,(H,25,29). The molecule has 1 aliphatic rings. The molecule has 162 valence electrons. The number of nitrogens with zero attached hydrogens (tertiary/aromatic N) is 3. The van der Waals surface area contributed by atoms with Crippen LogP contribution in [0.25, 0.3) is 11.4 Å². The van der Waals surface area contributed by atoms with Crippen LogP contribution in [-0.2, 0) is 11.3 Å². The van der Waals surface area contributed by atoms with Crippen LogP contribution in [0.3, 0.4) is 0 Å². The first kappa shape index (κ1) is 21.6. The third-order valence-corrected chi connectivity index (χ3v) is 5.76. The van der Waals surface area contributed by atoms with E-state index in [0.717, 1.165) is 25.1 Å². The molecule has 31 heavy (non-hydrogen) atoms. The van der Waals surface area contributed by atoms with Gasteiger partial charge in [0.2, 0.25) is 17.6 Å². The van der Waals surface area contributed by atoms with E-state index in [1.807, 2.05) is 18.2 Å². The minimum Gasteiger partial charge on any atom is -0.497 e. The summed E-state index contributed by atoms with van der Waals surface area (Å²) in [7, 11) is 1.60. The summed E-state index contributed by atoms with van der Waals surface area (Å²) in [6, 6.07) is 12.5. The number of hydrogen-bond donors (Lipinski definition) is 1. The molecular weight excluding hydrogens is 439 g/mol. The molecule has 1 aliphatic heterocycles. The topological polar surface area (TPSA) is 80.5 Å². The molecule has 7 nitrogen and oxygen atoms in total. The largest absolute Gasteiger partial charge is 0.497 e. The Bertz CT molecular complexity index is 1070. The van der Waals surface area contributed by atoms with Crippen molar-refractivity contribution in [2.75, 3.05) is 25.5 Å². The zero-order valence-electron chi connectivity index (χ0n) is 17.0. The highest BCUT2D eigenvalue weighted by atomic mass is 35.5. The van der Waals surface area contributed by atoms with Gasteiger partial charge in [0.05, 0.1) is 24.6 Å². The molecule has 3 aromatic rings. The van der Waals surface area contributed by atoms with E-state index in [1.165, 1.54) is 0 Å². The second-order valence-corrected chi connectivity index (χ2v) is 8.28. The summed E-state index contributed by atoms with van der Waals surface area (Å²) < 4.78 is 10.6. The summed E-state index contributed by atoms with van der Waals surface area (Å²) in [5.41, 5.74) is 1.39. The molecule has 9 heteroatoms. The molecule has 0 spiro atoms. The number of carbonyl (C=O) groups excluding carboxylic acids is 1. The number of nitrogens with one attached hydrogen (secondary N) is 1. The summed E-state index contributed by atoms with van der Waals surface area (Å²) in [6.45, 7) is 1.96. The van der Waals surface area contributed by atoms with Gasteiger partial charge in [0.1, 0.15) is 5.75 Å². The number of aromatic nitrogens is 2. The van der Waals surface area contributed by atoms with E-state index in [0.29, 0.717) is 46.2 Å². The molecule has 0 aliphatic carbocycles. The lowest BCUT2D eigenvalue weighted by molar-refractivity contribution is -0.121. The molecule has 0 saturated carbocycles. The van der Waals surface area contributed by atoms with Crippen molar-refractivity contribution in [1.29, 1.82) is 0 Å². The SMILES string of the molecule is COc1cccc(NC(=O)C2CCCN(Cc3nc(-c4ccc(Cl)cc4Cl)no3)C2)c1. The Balaban J connectivity index is 1.38. The van der Waals surface area contributed by atoms with Crippen molar-refractivity contribution < 1.29 is 14.1 Å². The van der Waals surface area contributed by atoms with Crippen LogP contribution in [0.2, 0.25) is 10.0 Å². The highest BCUT2D eigenvalue weighted by Crippen LogP contribution is 2.29. The number of ether oxygens (including phenoxy) is 1. The molecule has 1 amide bonds. The Kier molecular flexibility index (Phi) is 6.75. The third-order valence-electron chi connectivity index (χ3n) is 5.21. The summed E-state index contributed by atoms with van der Waals surface area (Å²) >= 11 is 12.2. The van der Waals surface area contributed by atoms with Crippen LogP contribution in [-0.4, -0.2) is 41.1 Å². The van der Waals surface area contributed by atoms with Crippen LogP contribution in [0.4, 0.5) is 5.69 Å². The van der Waals surface area contributed by atoms with Gasteiger partial charge >= 0.3 is 0 Å². The minimum atomic E-state index is -0.118. The van der Waals surface area contributed by atoms with Gasteiger partial charge < -0.3 is 14.6 Å². The number of likely N-dealkylation sites (tertiary alicyclic amines) is 1. The van der Waals surface area contributed by atoms with Crippen molar-refractivity contribution in [1.82, 2.24) is 15.0 Å². The number of piperidine rings is 1. The average molecular weight is 461 g/mol. The van der Waals surface area contributed by atoms with E-state index in [2.05, 4.69) is 20.4 Å². The summed E-state index contributed by atoms with van der Waals surface area (Å²) in [6.07, 6.45) is 1.75. The van der Waals surface area contributed by atoms with Crippen LogP contribution in [0.5, 0.6) is 5.75 Å². The number of anilines is 1. The van der Waals surface area contributed by atoms with Crippen LogP contribution in [0.1, 0.15) is 18.7 Å². The summed E-state index contributed by atoms with van der Waals surface area (Å²) in [5.74, 6) is 1.48. The first-order valence-electron chi connectivity index (χ1n) is 9.97. The zero-order chi connectivity index (χ0) is 21.8. The van der Waals surface area contributed by atoms with Crippen molar-refractivity contribution >= 4 is 34.8 Å². The third kappa shape index (κ3) is 5.36. The number of rotatable bonds is 6. The Morgan fingerprint density at radius 2 is 2.16 bits per heavy atom. The van der Waals surface area contributed by atoms with E-state index in [1.54, 1.807) is 31.4 Å². The van der Waals surface area contributed by atoms with E-state index >= 15 is 0 Å². The fraction of sp³-hybridized carbons (Fsp3) is 0.318. The summed E-state index contributed by atoms with van der Waals surface area (Å²) in [4.78, 5) is 19.4. The second kappa shape index (κ2) is 9.68. The molecule has 1 fully saturated rings. The molecule has 4 rings (SSSR count). The van der Waals surface area contributed by atoms with Gasteiger partial charge in [-0.3, -0.25) is 9.69 Å². The van der Waals surface area contributed by atoms with Crippen LogP contribution in [0, 0.1) is 5.92 Å². The Morgan fingerprint density at radius 3 is 2.97 bits per heavy atom. The molecular formula is C22H22Cl2N4O3.